The van der Waals surface area contributed by atoms with Crippen molar-refractivity contribution < 1.29 is 34.8 Å². The van der Waals surface area contributed by atoms with Crippen LogP contribution >= 0.6 is 0 Å². The molecule has 1 aromatic rings. The van der Waals surface area contributed by atoms with E-state index in [9.17, 15) is 34.8 Å². The van der Waals surface area contributed by atoms with Gasteiger partial charge in [0.2, 0.25) is 5.78 Å². The molecule has 0 aromatic heterocycles. The lowest BCUT2D eigenvalue weighted by Crippen LogP contribution is -2.65. The van der Waals surface area contributed by atoms with Crippen LogP contribution in [0, 0.1) is 11.8 Å². The van der Waals surface area contributed by atoms with E-state index in [-0.39, 0.29) is 29.7 Å². The fourth-order valence-corrected chi connectivity index (χ4v) is 5.71. The molecular weight excluding hydrogens is 444 g/mol. The second kappa shape index (κ2) is 7.47. The smallest absolute Gasteiger partial charge is 0.255 e. The number of aliphatic hydroxyl groups excluding tert-OH is 2. The molecule has 3 aliphatic rings. The number of hydrogen-bond donors (Lipinski definition) is 6. The van der Waals surface area contributed by atoms with Gasteiger partial charge in [-0.1, -0.05) is 0 Å². The van der Waals surface area contributed by atoms with Gasteiger partial charge in [-0.15, -0.1) is 0 Å². The molecule has 1 saturated carbocycles. The first-order valence-electron chi connectivity index (χ1n) is 10.7. The molecule has 11 heteroatoms. The van der Waals surface area contributed by atoms with Gasteiger partial charge in [0.05, 0.1) is 17.3 Å². The zero-order chi connectivity index (χ0) is 25.4. The van der Waals surface area contributed by atoms with Crippen molar-refractivity contribution >= 4 is 34.6 Å². The number of aromatic hydroxyl groups is 1. The van der Waals surface area contributed by atoms with Crippen LogP contribution in [0.15, 0.2) is 23.0 Å². The third-order valence-electron chi connectivity index (χ3n) is 7.21. The Bertz CT molecular complexity index is 1220. The Balaban J connectivity index is 2.01. The molecule has 0 radical (unpaired) electrons. The molecule has 0 heterocycles. The maximum Gasteiger partial charge on any atom is 0.255 e. The highest BCUT2D eigenvalue weighted by atomic mass is 16.3. The van der Waals surface area contributed by atoms with Crippen LogP contribution in [0.5, 0.6) is 5.75 Å². The second-order valence-corrected chi connectivity index (χ2v) is 9.54. The highest BCUT2D eigenvalue weighted by Crippen LogP contribution is 2.54. The maximum atomic E-state index is 13.7. The zero-order valence-electron chi connectivity index (χ0n) is 19.3. The van der Waals surface area contributed by atoms with Crippen molar-refractivity contribution in [1.29, 1.82) is 0 Å². The zero-order valence-corrected chi connectivity index (χ0v) is 19.3. The number of amides is 1. The highest BCUT2D eigenvalue weighted by Gasteiger charge is 2.64. The Morgan fingerprint density at radius 3 is 2.29 bits per heavy atom. The average Bonchev–Trinajstić information content (AvgIpc) is 2.72. The van der Waals surface area contributed by atoms with E-state index in [2.05, 4.69) is 0 Å². The number of rotatable bonds is 3. The van der Waals surface area contributed by atoms with Crippen LogP contribution in [0.3, 0.4) is 0 Å². The van der Waals surface area contributed by atoms with Crippen molar-refractivity contribution in [1.82, 2.24) is 4.90 Å². The van der Waals surface area contributed by atoms with Crippen molar-refractivity contribution in [2.75, 3.05) is 38.8 Å². The van der Waals surface area contributed by atoms with Gasteiger partial charge in [0, 0.05) is 31.3 Å². The Morgan fingerprint density at radius 2 is 1.76 bits per heavy atom. The number of primary amides is 1. The third-order valence-corrected chi connectivity index (χ3v) is 7.21. The Hall–Kier alpha value is -3.57. The number of anilines is 2. The lowest BCUT2D eigenvalue weighted by molar-refractivity contribution is -0.153. The summed E-state index contributed by atoms with van der Waals surface area (Å²) in [5.41, 5.74) is 8.68. The predicted octanol–water partition coefficient (Wildman–Crippen LogP) is -0.388. The molecule has 11 nitrogen and oxygen atoms in total. The minimum absolute atomic E-state index is 0.0115. The third kappa shape index (κ3) is 2.86. The molecule has 34 heavy (non-hydrogen) atoms. The first-order valence-corrected chi connectivity index (χ1v) is 10.7. The summed E-state index contributed by atoms with van der Waals surface area (Å²) in [6.45, 7) is 0. The second-order valence-electron chi connectivity index (χ2n) is 9.54. The Labute approximate surface area is 195 Å². The SMILES string of the molecule is CN(C)c1cc(N)c(O)c2c1C[C@H]1C[C@H]3[C@@H](N(C)C)C(=O)C(C(N)=O)=C(O)[C@@]3(O)C(=O)C1=C2O. The van der Waals surface area contributed by atoms with Gasteiger partial charge in [-0.25, -0.2) is 0 Å². The van der Waals surface area contributed by atoms with Gasteiger partial charge in [0.1, 0.15) is 22.8 Å². The molecule has 182 valence electrons. The fourth-order valence-electron chi connectivity index (χ4n) is 5.71. The van der Waals surface area contributed by atoms with E-state index in [1.54, 1.807) is 39.2 Å². The number of carbonyl (C=O) groups excluding carboxylic acids is 3. The monoisotopic (exact) mass is 472 g/mol. The summed E-state index contributed by atoms with van der Waals surface area (Å²) in [5, 5.41) is 44.2. The van der Waals surface area contributed by atoms with E-state index in [0.717, 1.165) is 0 Å². The van der Waals surface area contributed by atoms with E-state index < -0.39 is 63.8 Å². The average molecular weight is 472 g/mol. The molecule has 4 atom stereocenters. The molecule has 8 N–H and O–H groups in total. The van der Waals surface area contributed by atoms with Crippen LogP contribution in [-0.2, 0) is 20.8 Å². The number of ketones is 2. The summed E-state index contributed by atoms with van der Waals surface area (Å²) in [6.07, 6.45) is 0.236. The molecule has 0 saturated heterocycles. The van der Waals surface area contributed by atoms with Crippen molar-refractivity contribution in [3.63, 3.8) is 0 Å². The van der Waals surface area contributed by atoms with Crippen LogP contribution in [0.4, 0.5) is 11.4 Å². The quantitative estimate of drug-likeness (QED) is 0.192. The molecule has 4 rings (SSSR count). The van der Waals surface area contributed by atoms with E-state index in [0.29, 0.717) is 11.3 Å². The summed E-state index contributed by atoms with van der Waals surface area (Å²) >= 11 is 0. The van der Waals surface area contributed by atoms with Crippen LogP contribution in [0.25, 0.3) is 5.76 Å². The normalized spacial score (nSPS) is 28.6. The number of phenols is 1. The van der Waals surface area contributed by atoms with Gasteiger partial charge >= 0.3 is 0 Å². The van der Waals surface area contributed by atoms with Crippen molar-refractivity contribution in [2.24, 2.45) is 17.6 Å². The van der Waals surface area contributed by atoms with Gasteiger partial charge in [0.25, 0.3) is 5.91 Å². The number of phenolic OH excluding ortho intramolecular Hbond substituents is 1. The number of carbonyl (C=O) groups is 3. The lowest BCUT2D eigenvalue weighted by Gasteiger charge is -2.50. The number of fused-ring (bicyclic) bond motifs is 3. The van der Waals surface area contributed by atoms with E-state index >= 15 is 0 Å². The molecule has 3 aliphatic carbocycles. The Morgan fingerprint density at radius 1 is 1.15 bits per heavy atom. The topological polar surface area (TPSA) is 191 Å². The number of Topliss-reactive ketones (excluding diaryl/α,β-unsaturated/α-hetero) is 2. The van der Waals surface area contributed by atoms with Crippen LogP contribution in [-0.4, -0.2) is 82.6 Å². The summed E-state index contributed by atoms with van der Waals surface area (Å²) in [6, 6.07) is 0.444. The molecule has 0 spiro atoms. The molecule has 1 aromatic carbocycles. The summed E-state index contributed by atoms with van der Waals surface area (Å²) in [5.74, 6) is -6.95. The fraction of sp³-hybridized carbons (Fsp3) is 0.435. The molecule has 1 amide bonds. The predicted molar refractivity (Wildman–Crippen MR) is 123 cm³/mol. The first-order chi connectivity index (χ1) is 15.7. The van der Waals surface area contributed by atoms with E-state index in [1.165, 1.54) is 4.90 Å². The van der Waals surface area contributed by atoms with Crippen molar-refractivity contribution in [3.05, 3.63) is 34.1 Å². The number of benzene rings is 1. The standard InChI is InChI=1S/C23H28N4O7/c1-26(2)12-7-11(24)17(28)14-9(12)5-8-6-10-16(27(3)4)19(30)15(22(25)33)21(32)23(10,34)20(31)13(8)18(14)29/h7-8,10,16,28-29,32,34H,5-6,24H2,1-4H3,(H2,25,33)/t8-,10-,16+,23-/m0/s1. The molecular formula is C23H28N4O7. The van der Waals surface area contributed by atoms with Gasteiger partial charge in [-0.05, 0) is 44.5 Å². The van der Waals surface area contributed by atoms with Gasteiger partial charge < -0.3 is 36.8 Å². The number of hydrogen-bond acceptors (Lipinski definition) is 10. The highest BCUT2D eigenvalue weighted by molar-refractivity contribution is 6.24. The first kappa shape index (κ1) is 23.6. The molecule has 0 aliphatic heterocycles. The van der Waals surface area contributed by atoms with Crippen LogP contribution < -0.4 is 16.4 Å². The van der Waals surface area contributed by atoms with Crippen LogP contribution in [0.2, 0.25) is 0 Å². The maximum absolute atomic E-state index is 13.7. The lowest BCUT2D eigenvalue weighted by atomic mass is 9.57. The Kier molecular flexibility index (Phi) is 5.18. The number of nitrogens with zero attached hydrogens (tertiary/aromatic N) is 2. The van der Waals surface area contributed by atoms with E-state index in [1.807, 2.05) is 0 Å². The molecule has 0 unspecified atom stereocenters. The van der Waals surface area contributed by atoms with Crippen molar-refractivity contribution in [2.45, 2.75) is 24.5 Å². The van der Waals surface area contributed by atoms with E-state index in [4.69, 9.17) is 11.5 Å². The van der Waals surface area contributed by atoms with Crippen LogP contribution in [0.1, 0.15) is 17.5 Å². The minimum Gasteiger partial charge on any atom is -0.508 e. The number of likely N-dealkylation sites (N-methyl/N-ethyl adjacent to an activating group) is 1. The number of aliphatic hydroxyl groups is 3. The largest absolute Gasteiger partial charge is 0.508 e. The van der Waals surface area contributed by atoms with Gasteiger partial charge in [0.15, 0.2) is 11.4 Å². The summed E-state index contributed by atoms with van der Waals surface area (Å²) in [7, 11) is 6.64. The van der Waals surface area contributed by atoms with Gasteiger partial charge in [-0.2, -0.15) is 0 Å². The molecule has 0 bridgehead atoms. The van der Waals surface area contributed by atoms with Gasteiger partial charge in [-0.3, -0.25) is 19.3 Å². The van der Waals surface area contributed by atoms with Crippen molar-refractivity contribution in [3.8, 4) is 5.75 Å². The summed E-state index contributed by atoms with van der Waals surface area (Å²) < 4.78 is 0. The number of nitrogens with two attached hydrogens (primary N) is 2. The minimum atomic E-state index is -2.66. The number of nitrogen functional groups attached to an aromatic ring is 1. The summed E-state index contributed by atoms with van der Waals surface area (Å²) in [4.78, 5) is 42.0. The molecule has 1 fully saturated rings.